The first-order valence-corrected chi connectivity index (χ1v) is 5.23. The Bertz CT molecular complexity index is 558. The molecule has 0 N–H and O–H groups in total. The van der Waals surface area contributed by atoms with Crippen molar-refractivity contribution in [2.24, 2.45) is 0 Å². The Hall–Kier alpha value is -1.94. The van der Waals surface area contributed by atoms with E-state index in [1.54, 1.807) is 25.3 Å². The lowest BCUT2D eigenvalue weighted by atomic mass is 10.1. The lowest BCUT2D eigenvalue weighted by Crippen LogP contribution is -1.91. The van der Waals surface area contributed by atoms with Gasteiger partial charge in [-0.15, -0.1) is 0 Å². The van der Waals surface area contributed by atoms with Crippen LogP contribution in [0.25, 0.3) is 11.3 Å². The molecule has 0 fully saturated rings. The van der Waals surface area contributed by atoms with Gasteiger partial charge in [-0.25, -0.2) is 9.97 Å². The minimum Gasteiger partial charge on any atom is -0.495 e. The molecule has 0 saturated heterocycles. The molecule has 1 aromatic heterocycles. The molecular weight excluding hydrogens is 240 g/mol. The van der Waals surface area contributed by atoms with Gasteiger partial charge in [0, 0.05) is 5.56 Å². The molecule has 86 valence electrons. The molecular formula is C12H9ClN2O2. The summed E-state index contributed by atoms with van der Waals surface area (Å²) in [5, 5.41) is 0.497. The van der Waals surface area contributed by atoms with Gasteiger partial charge < -0.3 is 4.74 Å². The molecule has 5 heteroatoms. The van der Waals surface area contributed by atoms with Gasteiger partial charge in [0.05, 0.1) is 17.8 Å². The summed E-state index contributed by atoms with van der Waals surface area (Å²) < 4.78 is 5.06. The summed E-state index contributed by atoms with van der Waals surface area (Å²) in [6, 6.07) is 6.91. The first-order valence-electron chi connectivity index (χ1n) is 4.85. The van der Waals surface area contributed by atoms with Crippen LogP contribution in [-0.2, 0) is 0 Å². The lowest BCUT2D eigenvalue weighted by molar-refractivity contribution is 0.111. The van der Waals surface area contributed by atoms with E-state index < -0.39 is 0 Å². The monoisotopic (exact) mass is 248 g/mol. The van der Waals surface area contributed by atoms with Crippen molar-refractivity contribution in [3.63, 3.8) is 0 Å². The lowest BCUT2D eigenvalue weighted by Gasteiger charge is -2.05. The standard InChI is InChI=1S/C12H9ClN2O2/c1-17-12-3-2-8(4-10(12)13)11-5-9(6-16)14-7-15-11/h2-7H,1H3. The van der Waals surface area contributed by atoms with Crippen molar-refractivity contribution >= 4 is 17.9 Å². The fourth-order valence-electron chi connectivity index (χ4n) is 1.42. The van der Waals surface area contributed by atoms with Gasteiger partial charge in [-0.05, 0) is 24.3 Å². The third-order valence-electron chi connectivity index (χ3n) is 2.26. The van der Waals surface area contributed by atoms with Crippen LogP contribution in [0.1, 0.15) is 10.5 Å². The maximum absolute atomic E-state index is 10.6. The molecule has 0 saturated carbocycles. The highest BCUT2D eigenvalue weighted by molar-refractivity contribution is 6.32. The van der Waals surface area contributed by atoms with Crippen molar-refractivity contribution in [3.8, 4) is 17.0 Å². The van der Waals surface area contributed by atoms with Gasteiger partial charge in [0.2, 0.25) is 0 Å². The van der Waals surface area contributed by atoms with Crippen LogP contribution < -0.4 is 4.74 Å². The number of aromatic nitrogens is 2. The van der Waals surface area contributed by atoms with Crippen molar-refractivity contribution in [3.05, 3.63) is 41.3 Å². The number of halogens is 1. The van der Waals surface area contributed by atoms with E-state index in [1.165, 1.54) is 6.33 Å². The average molecular weight is 249 g/mol. The van der Waals surface area contributed by atoms with Crippen molar-refractivity contribution in [1.29, 1.82) is 0 Å². The summed E-state index contributed by atoms with van der Waals surface area (Å²) in [4.78, 5) is 18.5. The van der Waals surface area contributed by atoms with E-state index in [0.717, 1.165) is 5.56 Å². The van der Waals surface area contributed by atoms with E-state index in [0.29, 0.717) is 28.4 Å². The van der Waals surface area contributed by atoms with E-state index >= 15 is 0 Å². The summed E-state index contributed by atoms with van der Waals surface area (Å²) in [5.74, 6) is 0.597. The Kier molecular flexibility index (Phi) is 3.35. The summed E-state index contributed by atoms with van der Waals surface area (Å²) in [7, 11) is 1.55. The number of hydrogen-bond acceptors (Lipinski definition) is 4. The van der Waals surface area contributed by atoms with Crippen LogP contribution in [0.5, 0.6) is 5.75 Å². The average Bonchev–Trinajstić information content (AvgIpc) is 2.38. The number of benzene rings is 1. The highest BCUT2D eigenvalue weighted by Gasteiger charge is 2.05. The Balaban J connectivity index is 2.45. The predicted molar refractivity (Wildman–Crippen MR) is 64.4 cm³/mol. The first-order chi connectivity index (χ1) is 8.24. The third kappa shape index (κ3) is 2.42. The second-order valence-corrected chi connectivity index (χ2v) is 3.70. The Morgan fingerprint density at radius 2 is 2.12 bits per heavy atom. The van der Waals surface area contributed by atoms with E-state index in [2.05, 4.69) is 9.97 Å². The van der Waals surface area contributed by atoms with Crippen LogP contribution in [-0.4, -0.2) is 23.4 Å². The maximum atomic E-state index is 10.6. The van der Waals surface area contributed by atoms with Crippen molar-refractivity contribution < 1.29 is 9.53 Å². The molecule has 0 radical (unpaired) electrons. The Labute approximate surface area is 103 Å². The molecule has 1 heterocycles. The van der Waals surface area contributed by atoms with Crippen LogP contribution in [0, 0.1) is 0 Å². The Morgan fingerprint density at radius 3 is 2.76 bits per heavy atom. The van der Waals surface area contributed by atoms with Gasteiger partial charge in [-0.2, -0.15) is 0 Å². The molecule has 2 rings (SSSR count). The minimum absolute atomic E-state index is 0.335. The molecule has 0 aliphatic rings. The molecule has 0 unspecified atom stereocenters. The zero-order valence-electron chi connectivity index (χ0n) is 9.05. The van der Waals surface area contributed by atoms with Gasteiger partial charge in [0.1, 0.15) is 17.8 Å². The largest absolute Gasteiger partial charge is 0.495 e. The van der Waals surface area contributed by atoms with Gasteiger partial charge in [-0.3, -0.25) is 4.79 Å². The summed E-state index contributed by atoms with van der Waals surface area (Å²) in [6.45, 7) is 0. The molecule has 17 heavy (non-hydrogen) atoms. The normalized spacial score (nSPS) is 10.0. The second kappa shape index (κ2) is 4.93. The highest BCUT2D eigenvalue weighted by atomic mass is 35.5. The molecule has 0 aliphatic carbocycles. The van der Waals surface area contributed by atoms with Crippen molar-refractivity contribution in [1.82, 2.24) is 9.97 Å². The summed E-state index contributed by atoms with van der Waals surface area (Å²) in [6.07, 6.45) is 2.02. The number of aldehydes is 1. The molecule has 0 atom stereocenters. The van der Waals surface area contributed by atoms with E-state index in [9.17, 15) is 4.79 Å². The molecule has 0 aliphatic heterocycles. The maximum Gasteiger partial charge on any atom is 0.168 e. The zero-order chi connectivity index (χ0) is 12.3. The number of hydrogen-bond donors (Lipinski definition) is 0. The molecule has 0 amide bonds. The van der Waals surface area contributed by atoms with Crippen molar-refractivity contribution in [2.45, 2.75) is 0 Å². The van der Waals surface area contributed by atoms with Crippen molar-refractivity contribution in [2.75, 3.05) is 7.11 Å². The number of carbonyl (C=O) groups is 1. The summed E-state index contributed by atoms with van der Waals surface area (Å²) in [5.41, 5.74) is 1.79. The smallest absolute Gasteiger partial charge is 0.168 e. The topological polar surface area (TPSA) is 52.1 Å². The number of rotatable bonds is 3. The van der Waals surface area contributed by atoms with Crippen LogP contribution in [0.2, 0.25) is 5.02 Å². The van der Waals surface area contributed by atoms with Crippen LogP contribution >= 0.6 is 11.6 Å². The molecule has 0 bridgehead atoms. The van der Waals surface area contributed by atoms with Gasteiger partial charge in [0.25, 0.3) is 0 Å². The zero-order valence-corrected chi connectivity index (χ0v) is 9.81. The Morgan fingerprint density at radius 1 is 1.29 bits per heavy atom. The number of ether oxygens (including phenoxy) is 1. The molecule has 2 aromatic rings. The van der Waals surface area contributed by atoms with Gasteiger partial charge in [0.15, 0.2) is 6.29 Å². The first kappa shape index (κ1) is 11.5. The van der Waals surface area contributed by atoms with Gasteiger partial charge >= 0.3 is 0 Å². The quantitative estimate of drug-likeness (QED) is 0.784. The number of carbonyl (C=O) groups excluding carboxylic acids is 1. The molecule has 1 aromatic carbocycles. The molecule has 0 spiro atoms. The highest BCUT2D eigenvalue weighted by Crippen LogP contribution is 2.29. The second-order valence-electron chi connectivity index (χ2n) is 3.30. The third-order valence-corrected chi connectivity index (χ3v) is 2.55. The fourth-order valence-corrected chi connectivity index (χ4v) is 1.68. The fraction of sp³-hybridized carbons (Fsp3) is 0.0833. The van der Waals surface area contributed by atoms with E-state index in [-0.39, 0.29) is 0 Å². The van der Waals surface area contributed by atoms with Gasteiger partial charge in [-0.1, -0.05) is 11.6 Å². The van der Waals surface area contributed by atoms with Crippen LogP contribution in [0.15, 0.2) is 30.6 Å². The summed E-state index contributed by atoms with van der Waals surface area (Å²) >= 11 is 6.02. The van der Waals surface area contributed by atoms with Crippen LogP contribution in [0.3, 0.4) is 0 Å². The SMILES string of the molecule is COc1ccc(-c2cc(C=O)ncn2)cc1Cl. The number of nitrogens with zero attached hydrogens (tertiary/aromatic N) is 2. The van der Waals surface area contributed by atoms with E-state index in [4.69, 9.17) is 16.3 Å². The molecule has 4 nitrogen and oxygen atoms in total. The number of methoxy groups -OCH3 is 1. The predicted octanol–water partition coefficient (Wildman–Crippen LogP) is 2.62. The minimum atomic E-state index is 0.335. The van der Waals surface area contributed by atoms with E-state index in [1.807, 2.05) is 6.07 Å². The van der Waals surface area contributed by atoms with Crippen LogP contribution in [0.4, 0.5) is 0 Å².